The number of rotatable bonds is 7. The number of nitrogens with zero attached hydrogens (tertiary/aromatic N) is 1. The van der Waals surface area contributed by atoms with Gasteiger partial charge in [0.15, 0.2) is 0 Å². The van der Waals surface area contributed by atoms with Gasteiger partial charge >= 0.3 is 0 Å². The van der Waals surface area contributed by atoms with Crippen LogP contribution in [0.2, 0.25) is 0 Å². The Morgan fingerprint density at radius 1 is 1.08 bits per heavy atom. The van der Waals surface area contributed by atoms with Crippen molar-refractivity contribution in [2.75, 3.05) is 0 Å². The number of halogens is 1. The van der Waals surface area contributed by atoms with E-state index in [9.17, 15) is 0 Å². The minimum Gasteiger partial charge on any atom is -0.241 e. The lowest BCUT2D eigenvalue weighted by atomic mass is 9.98. The van der Waals surface area contributed by atoms with E-state index >= 15 is 0 Å². The molecule has 3 heteroatoms. The molecule has 2 aromatic carbocycles. The third kappa shape index (κ3) is 4.90. The quantitative estimate of drug-likeness (QED) is 0.421. The molecule has 3 rings (SSSR count). The Kier molecular flexibility index (Phi) is 6.22. The second-order valence-corrected chi connectivity index (χ2v) is 8.02. The van der Waals surface area contributed by atoms with Gasteiger partial charge in [-0.25, -0.2) is 4.98 Å². The molecular weight excluding hydrogens is 390 g/mol. The number of hydrogen-bond donors (Lipinski definition) is 0. The molecule has 0 aliphatic carbocycles. The van der Waals surface area contributed by atoms with E-state index in [2.05, 4.69) is 83.3 Å². The molecule has 1 heterocycles. The van der Waals surface area contributed by atoms with Crippen molar-refractivity contribution in [2.45, 2.75) is 32.6 Å². The lowest BCUT2D eigenvalue weighted by molar-refractivity contribution is 0.934. The summed E-state index contributed by atoms with van der Waals surface area (Å²) in [5, 5.41) is 3.28. The van der Waals surface area contributed by atoms with E-state index in [1.807, 2.05) is 0 Å². The molecule has 0 aliphatic rings. The Morgan fingerprint density at radius 3 is 2.64 bits per heavy atom. The maximum Gasteiger partial charge on any atom is 0.0976 e. The van der Waals surface area contributed by atoms with Crippen LogP contribution in [0.25, 0.3) is 5.57 Å². The first-order valence-corrected chi connectivity index (χ1v) is 10.3. The number of aromatic nitrogens is 1. The molecule has 1 nitrogen and oxygen atoms in total. The molecule has 0 unspecified atom stereocenters. The number of benzene rings is 2. The molecule has 25 heavy (non-hydrogen) atoms. The SMILES string of the molecule is C=C(CC)c1csc(Cc2cc(Br)ccc2CCc2ccccc2)n1. The average molecular weight is 412 g/mol. The van der Waals surface area contributed by atoms with E-state index in [0.717, 1.165) is 46.4 Å². The lowest BCUT2D eigenvalue weighted by Crippen LogP contribution is -1.99. The maximum atomic E-state index is 4.77. The summed E-state index contributed by atoms with van der Waals surface area (Å²) in [4.78, 5) is 4.77. The van der Waals surface area contributed by atoms with Crippen molar-refractivity contribution in [3.63, 3.8) is 0 Å². The summed E-state index contributed by atoms with van der Waals surface area (Å²) in [6, 6.07) is 17.3. The van der Waals surface area contributed by atoms with E-state index in [1.54, 1.807) is 11.3 Å². The first-order valence-electron chi connectivity index (χ1n) is 8.59. The minimum absolute atomic E-state index is 0.880. The minimum atomic E-state index is 0.880. The zero-order valence-corrected chi connectivity index (χ0v) is 16.9. The van der Waals surface area contributed by atoms with E-state index in [1.165, 1.54) is 16.7 Å². The van der Waals surface area contributed by atoms with E-state index in [4.69, 9.17) is 4.98 Å². The monoisotopic (exact) mass is 411 g/mol. The summed E-state index contributed by atoms with van der Waals surface area (Å²) in [6.07, 6.45) is 3.94. The molecule has 0 radical (unpaired) electrons. The molecular formula is C22H22BrNS. The highest BCUT2D eigenvalue weighted by molar-refractivity contribution is 9.10. The summed E-state index contributed by atoms with van der Waals surface area (Å²) >= 11 is 5.34. The molecule has 0 fully saturated rings. The molecule has 0 atom stereocenters. The van der Waals surface area contributed by atoms with Crippen LogP contribution in [0.5, 0.6) is 0 Å². The molecule has 1 aromatic heterocycles. The Hall–Kier alpha value is -1.71. The Morgan fingerprint density at radius 2 is 1.88 bits per heavy atom. The van der Waals surface area contributed by atoms with Crippen LogP contribution < -0.4 is 0 Å². The fourth-order valence-corrected chi connectivity index (χ4v) is 4.09. The molecule has 0 spiro atoms. The summed E-state index contributed by atoms with van der Waals surface area (Å²) in [5.41, 5.74) is 6.29. The molecule has 0 bridgehead atoms. The van der Waals surface area contributed by atoms with E-state index < -0.39 is 0 Å². The van der Waals surface area contributed by atoms with Crippen molar-refractivity contribution in [1.82, 2.24) is 4.98 Å². The smallest absolute Gasteiger partial charge is 0.0976 e. The van der Waals surface area contributed by atoms with Gasteiger partial charge in [0.1, 0.15) is 0 Å². The van der Waals surface area contributed by atoms with Crippen molar-refractivity contribution in [2.24, 2.45) is 0 Å². The van der Waals surface area contributed by atoms with Crippen LogP contribution in [0.15, 0.2) is 65.0 Å². The van der Waals surface area contributed by atoms with Gasteiger partial charge in [-0.1, -0.05) is 65.8 Å². The summed E-state index contributed by atoms with van der Waals surface area (Å²) in [7, 11) is 0. The summed E-state index contributed by atoms with van der Waals surface area (Å²) in [6.45, 7) is 6.22. The number of allylic oxidation sites excluding steroid dienone is 1. The largest absolute Gasteiger partial charge is 0.241 e. The van der Waals surface area contributed by atoms with Gasteiger partial charge in [0.2, 0.25) is 0 Å². The molecule has 128 valence electrons. The summed E-state index contributed by atoms with van der Waals surface area (Å²) < 4.78 is 1.13. The zero-order valence-electron chi connectivity index (χ0n) is 14.5. The predicted octanol–water partition coefficient (Wildman–Crippen LogP) is 6.70. The lowest BCUT2D eigenvalue weighted by Gasteiger charge is -2.10. The molecule has 0 saturated carbocycles. The van der Waals surface area contributed by atoms with Crippen LogP contribution in [-0.2, 0) is 19.3 Å². The molecule has 0 saturated heterocycles. The highest BCUT2D eigenvalue weighted by Gasteiger charge is 2.09. The third-order valence-electron chi connectivity index (χ3n) is 4.38. The van der Waals surface area contributed by atoms with Gasteiger partial charge in [-0.2, -0.15) is 0 Å². The van der Waals surface area contributed by atoms with Crippen molar-refractivity contribution in [3.05, 3.63) is 92.4 Å². The van der Waals surface area contributed by atoms with Crippen LogP contribution in [-0.4, -0.2) is 4.98 Å². The zero-order chi connectivity index (χ0) is 17.6. The van der Waals surface area contributed by atoms with Crippen LogP contribution in [0.3, 0.4) is 0 Å². The Balaban J connectivity index is 1.77. The third-order valence-corrected chi connectivity index (χ3v) is 5.72. The fourth-order valence-electron chi connectivity index (χ4n) is 2.83. The normalized spacial score (nSPS) is 10.8. The van der Waals surface area contributed by atoms with Gasteiger partial charge in [-0.15, -0.1) is 11.3 Å². The maximum absolute atomic E-state index is 4.77. The fraction of sp³-hybridized carbons (Fsp3) is 0.227. The van der Waals surface area contributed by atoms with Crippen molar-refractivity contribution < 1.29 is 0 Å². The highest BCUT2D eigenvalue weighted by atomic mass is 79.9. The van der Waals surface area contributed by atoms with Gasteiger partial charge in [0.05, 0.1) is 10.7 Å². The number of aryl methyl sites for hydroxylation is 2. The standard InChI is InChI=1S/C22H22BrNS/c1-3-16(2)21-15-25-22(24-21)14-19-13-20(23)12-11-18(19)10-9-17-7-5-4-6-8-17/h4-8,11-13,15H,2-3,9-10,14H2,1H3. The van der Waals surface area contributed by atoms with E-state index in [-0.39, 0.29) is 0 Å². The highest BCUT2D eigenvalue weighted by Crippen LogP contribution is 2.25. The Labute approximate surface area is 162 Å². The number of thiazole rings is 1. The second-order valence-electron chi connectivity index (χ2n) is 6.16. The first-order chi connectivity index (χ1) is 12.2. The molecule has 0 aliphatic heterocycles. The van der Waals surface area contributed by atoms with Gasteiger partial charge in [-0.3, -0.25) is 0 Å². The van der Waals surface area contributed by atoms with Gasteiger partial charge < -0.3 is 0 Å². The van der Waals surface area contributed by atoms with Crippen molar-refractivity contribution in [1.29, 1.82) is 0 Å². The predicted molar refractivity (Wildman–Crippen MR) is 112 cm³/mol. The van der Waals surface area contributed by atoms with Crippen LogP contribution in [0, 0.1) is 0 Å². The summed E-state index contributed by atoms with van der Waals surface area (Å²) in [5.74, 6) is 0. The molecule has 0 N–H and O–H groups in total. The van der Waals surface area contributed by atoms with Crippen molar-refractivity contribution in [3.8, 4) is 0 Å². The van der Waals surface area contributed by atoms with Crippen LogP contribution >= 0.6 is 27.3 Å². The molecule has 0 amide bonds. The number of hydrogen-bond acceptors (Lipinski definition) is 2. The Bertz CT molecular complexity index is 851. The molecule has 3 aromatic rings. The van der Waals surface area contributed by atoms with Crippen LogP contribution in [0.4, 0.5) is 0 Å². The second kappa shape index (κ2) is 8.59. The topological polar surface area (TPSA) is 12.9 Å². The van der Waals surface area contributed by atoms with E-state index in [0.29, 0.717) is 0 Å². The van der Waals surface area contributed by atoms with Gasteiger partial charge in [-0.05, 0) is 53.7 Å². The van der Waals surface area contributed by atoms with Gasteiger partial charge in [0.25, 0.3) is 0 Å². The van der Waals surface area contributed by atoms with Gasteiger partial charge in [0, 0.05) is 16.3 Å². The van der Waals surface area contributed by atoms with Crippen LogP contribution in [0.1, 0.15) is 40.7 Å². The first kappa shape index (κ1) is 18.1. The average Bonchev–Trinajstić information content (AvgIpc) is 3.10. The van der Waals surface area contributed by atoms with Crippen molar-refractivity contribution >= 4 is 32.8 Å².